The summed E-state index contributed by atoms with van der Waals surface area (Å²) in [5, 5.41) is 4.51. The molecule has 1 atom stereocenters. The van der Waals surface area contributed by atoms with Gasteiger partial charge in [-0.15, -0.1) is 0 Å². The van der Waals surface area contributed by atoms with Crippen molar-refractivity contribution >= 4 is 12.2 Å². The van der Waals surface area contributed by atoms with Gasteiger partial charge in [0.2, 0.25) is 0 Å². The Morgan fingerprint density at radius 3 is 2.62 bits per heavy atom. The lowest BCUT2D eigenvalue weighted by molar-refractivity contribution is -0.188. The first-order valence-corrected chi connectivity index (χ1v) is 8.25. The van der Waals surface area contributed by atoms with Crippen LogP contribution in [0.15, 0.2) is 30.3 Å². The number of hydrogen-bond donors (Lipinski definition) is 0. The highest BCUT2D eigenvalue weighted by Crippen LogP contribution is 2.33. The van der Waals surface area contributed by atoms with E-state index in [1.165, 1.54) is 0 Å². The number of alkyl halides is 3. The molecule has 0 unspecified atom stereocenters. The third-order valence-corrected chi connectivity index (χ3v) is 4.86. The van der Waals surface area contributed by atoms with Crippen molar-refractivity contribution < 1.29 is 13.2 Å². The van der Waals surface area contributed by atoms with Crippen LogP contribution in [-0.2, 0) is 13.7 Å². The zero-order valence-corrected chi connectivity index (χ0v) is 14.1. The van der Waals surface area contributed by atoms with Gasteiger partial charge in [0.15, 0.2) is 10.6 Å². The Morgan fingerprint density at radius 2 is 1.96 bits per heavy atom. The summed E-state index contributed by atoms with van der Waals surface area (Å²) in [4.78, 5) is 1.78. The highest BCUT2D eigenvalue weighted by atomic mass is 32.1. The zero-order valence-electron chi connectivity index (χ0n) is 13.3. The lowest BCUT2D eigenvalue weighted by Gasteiger charge is -2.33. The average Bonchev–Trinajstić information content (AvgIpc) is 2.84. The molecule has 130 valence electrons. The molecule has 0 N–H and O–H groups in total. The molecule has 2 heterocycles. The molecule has 0 saturated carbocycles. The fourth-order valence-electron chi connectivity index (χ4n) is 3.06. The second-order valence-corrected chi connectivity index (χ2v) is 6.50. The maximum Gasteiger partial charge on any atom is 0.393 e. The van der Waals surface area contributed by atoms with Crippen molar-refractivity contribution in [1.82, 2.24) is 19.2 Å². The van der Waals surface area contributed by atoms with Crippen LogP contribution in [0.1, 0.15) is 12.8 Å². The van der Waals surface area contributed by atoms with E-state index >= 15 is 0 Å². The lowest BCUT2D eigenvalue weighted by Crippen LogP contribution is -2.42. The molecule has 1 fully saturated rings. The van der Waals surface area contributed by atoms with Crippen LogP contribution in [0.5, 0.6) is 0 Å². The van der Waals surface area contributed by atoms with Gasteiger partial charge in [0.25, 0.3) is 0 Å². The predicted octanol–water partition coefficient (Wildman–Crippen LogP) is 3.85. The number of nitrogens with zero attached hydrogens (tertiary/aromatic N) is 4. The van der Waals surface area contributed by atoms with Crippen LogP contribution < -0.4 is 0 Å². The van der Waals surface area contributed by atoms with E-state index in [0.717, 1.165) is 5.56 Å². The van der Waals surface area contributed by atoms with E-state index in [-0.39, 0.29) is 19.6 Å². The van der Waals surface area contributed by atoms with Crippen molar-refractivity contribution in [2.24, 2.45) is 13.0 Å². The maximum absolute atomic E-state index is 12.9. The van der Waals surface area contributed by atoms with Crippen LogP contribution in [0.2, 0.25) is 0 Å². The van der Waals surface area contributed by atoms with Crippen molar-refractivity contribution in [2.75, 3.05) is 13.1 Å². The molecular weight excluding hydrogens is 337 g/mol. The van der Waals surface area contributed by atoms with Crippen LogP contribution in [0.25, 0.3) is 11.4 Å². The van der Waals surface area contributed by atoms with Gasteiger partial charge in [0, 0.05) is 19.2 Å². The van der Waals surface area contributed by atoms with Gasteiger partial charge in [0.05, 0.1) is 12.6 Å². The summed E-state index contributed by atoms with van der Waals surface area (Å²) in [6, 6.07) is 9.61. The molecule has 1 aliphatic heterocycles. The molecule has 1 aromatic carbocycles. The highest BCUT2D eigenvalue weighted by Gasteiger charge is 2.41. The molecular formula is C16H19F3N4S. The van der Waals surface area contributed by atoms with Gasteiger partial charge in [-0.05, 0) is 31.6 Å². The Hall–Kier alpha value is -1.67. The Morgan fingerprint density at radius 1 is 1.25 bits per heavy atom. The van der Waals surface area contributed by atoms with Crippen molar-refractivity contribution in [3.05, 3.63) is 35.1 Å². The minimum Gasteiger partial charge on any atom is -0.303 e. The standard InChI is InChI=1S/C16H19F3N4S/c1-21-14(12-6-3-2-4-7-12)20-23(15(21)24)11-22-9-5-8-13(10-22)16(17,18)19/h2-4,6-7,13H,5,8-11H2,1H3/t13-/m1/s1. The van der Waals surface area contributed by atoms with Crippen molar-refractivity contribution in [1.29, 1.82) is 0 Å². The third-order valence-electron chi connectivity index (χ3n) is 4.38. The van der Waals surface area contributed by atoms with E-state index in [4.69, 9.17) is 12.2 Å². The minimum absolute atomic E-state index is 0.00250. The van der Waals surface area contributed by atoms with Gasteiger partial charge < -0.3 is 4.57 Å². The summed E-state index contributed by atoms with van der Waals surface area (Å²) in [6.45, 7) is 0.917. The molecule has 1 aromatic heterocycles. The molecule has 4 nitrogen and oxygen atoms in total. The molecule has 1 aliphatic rings. The summed E-state index contributed by atoms with van der Waals surface area (Å²) in [7, 11) is 1.82. The zero-order chi connectivity index (χ0) is 17.3. The van der Waals surface area contributed by atoms with E-state index in [0.29, 0.717) is 23.6 Å². The van der Waals surface area contributed by atoms with E-state index < -0.39 is 12.1 Å². The first kappa shape index (κ1) is 17.2. The molecule has 0 bridgehead atoms. The van der Waals surface area contributed by atoms with Crippen LogP contribution in [0.3, 0.4) is 0 Å². The molecule has 1 saturated heterocycles. The molecule has 0 aliphatic carbocycles. The normalized spacial score (nSPS) is 19.6. The highest BCUT2D eigenvalue weighted by molar-refractivity contribution is 7.71. The topological polar surface area (TPSA) is 26.0 Å². The van der Waals surface area contributed by atoms with Gasteiger partial charge in [-0.2, -0.15) is 18.3 Å². The molecule has 0 radical (unpaired) electrons. The summed E-state index contributed by atoms with van der Waals surface area (Å²) in [5.41, 5.74) is 0.927. The number of halogens is 3. The van der Waals surface area contributed by atoms with Crippen LogP contribution in [0.4, 0.5) is 13.2 Å². The van der Waals surface area contributed by atoms with Gasteiger partial charge in [-0.1, -0.05) is 30.3 Å². The second kappa shape index (κ2) is 6.68. The smallest absolute Gasteiger partial charge is 0.303 e. The van der Waals surface area contributed by atoms with Crippen molar-refractivity contribution in [2.45, 2.75) is 25.7 Å². The third kappa shape index (κ3) is 3.54. The SMILES string of the molecule is Cn1c(-c2ccccc2)nn(CN2CCC[C@@H](C(F)(F)F)C2)c1=S. The second-order valence-electron chi connectivity index (χ2n) is 6.13. The van der Waals surface area contributed by atoms with E-state index in [1.54, 1.807) is 14.1 Å². The Labute approximate surface area is 143 Å². The number of aromatic nitrogens is 3. The molecule has 8 heteroatoms. The van der Waals surface area contributed by atoms with Crippen LogP contribution in [0, 0.1) is 10.7 Å². The number of piperidine rings is 1. The summed E-state index contributed by atoms with van der Waals surface area (Å²) >= 11 is 5.40. The Bertz CT molecular complexity index is 751. The largest absolute Gasteiger partial charge is 0.393 e. The Balaban J connectivity index is 1.80. The van der Waals surface area contributed by atoms with Crippen molar-refractivity contribution in [3.63, 3.8) is 0 Å². The van der Waals surface area contributed by atoms with E-state index in [9.17, 15) is 13.2 Å². The quantitative estimate of drug-likeness (QED) is 0.782. The van der Waals surface area contributed by atoms with E-state index in [2.05, 4.69) is 5.10 Å². The van der Waals surface area contributed by atoms with Gasteiger partial charge >= 0.3 is 6.18 Å². The summed E-state index contributed by atoms with van der Waals surface area (Å²) in [6.07, 6.45) is -3.40. The molecule has 0 amide bonds. The van der Waals surface area contributed by atoms with Gasteiger partial charge in [-0.25, -0.2) is 4.68 Å². The van der Waals surface area contributed by atoms with Crippen LogP contribution in [-0.4, -0.2) is 38.5 Å². The summed E-state index contributed by atoms with van der Waals surface area (Å²) in [5.74, 6) is -0.553. The maximum atomic E-state index is 12.9. The first-order chi connectivity index (χ1) is 11.4. The molecule has 0 spiro atoms. The predicted molar refractivity (Wildman–Crippen MR) is 87.8 cm³/mol. The minimum atomic E-state index is -4.14. The molecule has 3 rings (SSSR count). The Kier molecular flexibility index (Phi) is 4.78. The fourth-order valence-corrected chi connectivity index (χ4v) is 3.24. The lowest BCUT2D eigenvalue weighted by atomic mass is 9.98. The van der Waals surface area contributed by atoms with Crippen molar-refractivity contribution in [3.8, 4) is 11.4 Å². The fraction of sp³-hybridized carbons (Fsp3) is 0.500. The average molecular weight is 356 g/mol. The number of rotatable bonds is 3. The van der Waals surface area contributed by atoms with Gasteiger partial charge in [-0.3, -0.25) is 4.90 Å². The molecule has 24 heavy (non-hydrogen) atoms. The van der Waals surface area contributed by atoms with Crippen LogP contribution >= 0.6 is 12.2 Å². The number of hydrogen-bond acceptors (Lipinski definition) is 3. The monoisotopic (exact) mass is 356 g/mol. The molecule has 2 aromatic rings. The summed E-state index contributed by atoms with van der Waals surface area (Å²) < 4.78 is 42.7. The number of likely N-dealkylation sites (tertiary alicyclic amines) is 1. The van der Waals surface area contributed by atoms with Gasteiger partial charge in [0.1, 0.15) is 0 Å². The first-order valence-electron chi connectivity index (χ1n) is 7.84. The number of benzene rings is 1. The van der Waals surface area contributed by atoms with E-state index in [1.807, 2.05) is 37.4 Å².